The van der Waals surface area contributed by atoms with E-state index in [9.17, 15) is 9.59 Å². The van der Waals surface area contributed by atoms with Crippen LogP contribution in [0.3, 0.4) is 0 Å². The lowest BCUT2D eigenvalue weighted by atomic mass is 9.59. The molecule has 9 rings (SSSR count). The van der Waals surface area contributed by atoms with E-state index in [1.807, 2.05) is 103 Å². The molecule has 2 aliphatic carbocycles. The average molecular weight is 556 g/mol. The summed E-state index contributed by atoms with van der Waals surface area (Å²) in [7, 11) is 0. The molecule has 6 aromatic rings. The van der Waals surface area contributed by atoms with Gasteiger partial charge in [0.05, 0.1) is 28.4 Å². The highest BCUT2D eigenvalue weighted by Gasteiger charge is 2.82. The summed E-state index contributed by atoms with van der Waals surface area (Å²) in [6, 6.07) is 44.9. The zero-order valence-corrected chi connectivity index (χ0v) is 23.1. The van der Waals surface area contributed by atoms with E-state index in [0.29, 0.717) is 5.69 Å². The molecular formula is C39H25NO3. The van der Waals surface area contributed by atoms with Gasteiger partial charge in [-0.25, -0.2) is 4.90 Å². The molecule has 4 nitrogen and oxygen atoms in total. The molecule has 4 heteroatoms. The number of imide groups is 1. The van der Waals surface area contributed by atoms with Crippen LogP contribution in [0.15, 0.2) is 140 Å². The number of para-hydroxylation sites is 1. The van der Waals surface area contributed by atoms with Crippen molar-refractivity contribution in [3.8, 4) is 0 Å². The number of carbonyl (C=O) groups is 3. The smallest absolute Gasteiger partial charge is 0.239 e. The summed E-state index contributed by atoms with van der Waals surface area (Å²) in [6.45, 7) is 0. The van der Waals surface area contributed by atoms with Gasteiger partial charge in [0.25, 0.3) is 0 Å². The Hall–Kier alpha value is -5.35. The number of hydrogen-bond donors (Lipinski definition) is 0. The first kappa shape index (κ1) is 24.3. The molecule has 0 aromatic heterocycles. The minimum atomic E-state index is -1.35. The number of nitrogens with zero attached hydrogens (tertiary/aromatic N) is 1. The first-order chi connectivity index (χ1) is 21.1. The van der Waals surface area contributed by atoms with Crippen LogP contribution in [0.25, 0.3) is 21.5 Å². The number of rotatable bonds is 3. The van der Waals surface area contributed by atoms with Crippen molar-refractivity contribution in [3.05, 3.63) is 162 Å². The maximum absolute atomic E-state index is 15.8. The second-order valence-electron chi connectivity index (χ2n) is 11.8. The van der Waals surface area contributed by atoms with Crippen LogP contribution in [0.4, 0.5) is 5.69 Å². The van der Waals surface area contributed by atoms with E-state index in [1.165, 1.54) is 4.90 Å². The topological polar surface area (TPSA) is 54.5 Å². The molecule has 0 N–H and O–H groups in total. The van der Waals surface area contributed by atoms with Crippen molar-refractivity contribution in [1.29, 1.82) is 0 Å². The molecule has 0 radical (unpaired) electrons. The third kappa shape index (κ3) is 2.66. The molecule has 1 saturated carbocycles. The van der Waals surface area contributed by atoms with E-state index < -0.39 is 22.7 Å². The number of amides is 2. The summed E-state index contributed by atoms with van der Waals surface area (Å²) < 4.78 is 0. The fraction of sp³-hybridized carbons (Fsp3) is 0.103. The standard InChI is InChI=1S/C39H25NO3/c41-35-33-34(36(42)40(35)26-18-8-3-9-19-26)39(25-16-6-2-7-17-25)32-30-23-13-11-21-28(30)27-20-10-12-22-29(27)31(32)38(33,37(39)43)24-14-4-1-5-15-24/h1-23,33-34H/t33-,34+,38+,39-. The summed E-state index contributed by atoms with van der Waals surface area (Å²) in [6.07, 6.45) is 0. The normalized spacial score (nSPS) is 25.5. The van der Waals surface area contributed by atoms with Gasteiger partial charge in [-0.3, -0.25) is 14.4 Å². The summed E-state index contributed by atoms with van der Waals surface area (Å²) >= 11 is 0. The van der Waals surface area contributed by atoms with Gasteiger partial charge in [0, 0.05) is 0 Å². The van der Waals surface area contributed by atoms with E-state index in [0.717, 1.165) is 43.8 Å². The summed E-state index contributed by atoms with van der Waals surface area (Å²) in [5, 5.41) is 3.96. The van der Waals surface area contributed by atoms with Crippen molar-refractivity contribution in [3.63, 3.8) is 0 Å². The number of benzene rings is 6. The summed E-state index contributed by atoms with van der Waals surface area (Å²) in [5.74, 6) is -2.52. The molecule has 204 valence electrons. The number of hydrogen-bond acceptors (Lipinski definition) is 3. The Morgan fingerprint density at radius 3 is 1.19 bits per heavy atom. The Bertz CT molecular complexity index is 2020. The van der Waals surface area contributed by atoms with Gasteiger partial charge in [-0.1, -0.05) is 127 Å². The second-order valence-corrected chi connectivity index (χ2v) is 11.8. The summed E-state index contributed by atoms with van der Waals surface area (Å²) in [4.78, 5) is 46.8. The highest BCUT2D eigenvalue weighted by molar-refractivity contribution is 6.34. The third-order valence-electron chi connectivity index (χ3n) is 10.1. The van der Waals surface area contributed by atoms with E-state index in [1.54, 1.807) is 12.1 Å². The van der Waals surface area contributed by atoms with Gasteiger partial charge in [0.2, 0.25) is 11.8 Å². The number of anilines is 1. The van der Waals surface area contributed by atoms with E-state index in [4.69, 9.17) is 0 Å². The quantitative estimate of drug-likeness (QED) is 0.175. The molecule has 1 aliphatic heterocycles. The van der Waals surface area contributed by atoms with Crippen molar-refractivity contribution >= 4 is 44.8 Å². The Labute approximate surface area is 248 Å². The van der Waals surface area contributed by atoms with Crippen LogP contribution in [-0.4, -0.2) is 17.6 Å². The van der Waals surface area contributed by atoms with Gasteiger partial charge in [-0.05, 0) is 55.9 Å². The van der Waals surface area contributed by atoms with Crippen molar-refractivity contribution in [2.24, 2.45) is 11.8 Å². The zero-order valence-electron chi connectivity index (χ0n) is 23.1. The fourth-order valence-electron chi connectivity index (χ4n) is 8.78. The van der Waals surface area contributed by atoms with Crippen molar-refractivity contribution in [2.45, 2.75) is 10.8 Å². The second kappa shape index (κ2) is 8.36. The van der Waals surface area contributed by atoms with Crippen LogP contribution in [0.5, 0.6) is 0 Å². The van der Waals surface area contributed by atoms with Gasteiger partial charge in [0.1, 0.15) is 0 Å². The lowest BCUT2D eigenvalue weighted by molar-refractivity contribution is -0.130. The van der Waals surface area contributed by atoms with Crippen LogP contribution in [0.1, 0.15) is 22.3 Å². The number of fused-ring (bicyclic) bond motifs is 13. The van der Waals surface area contributed by atoms with Gasteiger partial charge in [-0.2, -0.15) is 0 Å². The SMILES string of the molecule is O=C1[C@@H]2[C@H](C(=O)N1c1ccccc1)[C@@]1(c3ccccc3)C(=O)[C@]2(c2ccccc2)c2c1c1ccccc1c1ccccc21. The van der Waals surface area contributed by atoms with E-state index >= 15 is 4.79 Å². The molecule has 2 fully saturated rings. The minimum absolute atomic E-state index is 0.0849. The van der Waals surface area contributed by atoms with Gasteiger partial charge in [-0.15, -0.1) is 0 Å². The molecule has 43 heavy (non-hydrogen) atoms. The Kier molecular flexibility index (Phi) is 4.72. The van der Waals surface area contributed by atoms with Crippen molar-refractivity contribution in [2.75, 3.05) is 4.90 Å². The molecule has 1 saturated heterocycles. The largest absolute Gasteiger partial charge is 0.297 e. The molecule has 3 aliphatic rings. The monoisotopic (exact) mass is 555 g/mol. The lowest BCUT2D eigenvalue weighted by Gasteiger charge is -2.38. The Morgan fingerprint density at radius 1 is 0.419 bits per heavy atom. The molecule has 6 aromatic carbocycles. The predicted octanol–water partition coefficient (Wildman–Crippen LogP) is 6.97. The Morgan fingerprint density at radius 2 is 0.767 bits per heavy atom. The van der Waals surface area contributed by atoms with E-state index in [-0.39, 0.29) is 17.6 Å². The first-order valence-corrected chi connectivity index (χ1v) is 14.7. The number of ketones is 1. The average Bonchev–Trinajstić information content (AvgIpc) is 3.58. The highest BCUT2D eigenvalue weighted by atomic mass is 16.2. The van der Waals surface area contributed by atoms with Gasteiger partial charge < -0.3 is 0 Å². The molecule has 0 unspecified atom stereocenters. The van der Waals surface area contributed by atoms with Crippen molar-refractivity contribution in [1.82, 2.24) is 0 Å². The van der Waals surface area contributed by atoms with Crippen LogP contribution >= 0.6 is 0 Å². The maximum Gasteiger partial charge on any atom is 0.239 e. The fourth-order valence-corrected chi connectivity index (χ4v) is 8.78. The summed E-state index contributed by atoms with van der Waals surface area (Å²) in [5.41, 5.74) is 1.06. The van der Waals surface area contributed by atoms with Crippen LogP contribution in [0.2, 0.25) is 0 Å². The highest BCUT2D eigenvalue weighted by Crippen LogP contribution is 2.72. The predicted molar refractivity (Wildman–Crippen MR) is 167 cm³/mol. The van der Waals surface area contributed by atoms with Crippen LogP contribution in [0, 0.1) is 11.8 Å². The van der Waals surface area contributed by atoms with Crippen LogP contribution < -0.4 is 4.90 Å². The maximum atomic E-state index is 15.8. The number of carbonyl (C=O) groups excluding carboxylic acids is 3. The first-order valence-electron chi connectivity index (χ1n) is 14.7. The molecule has 1 heterocycles. The van der Waals surface area contributed by atoms with Gasteiger partial charge >= 0.3 is 0 Å². The molecule has 0 spiro atoms. The third-order valence-corrected chi connectivity index (χ3v) is 10.1. The number of Topliss-reactive ketones (excluding diaryl/α,β-unsaturated/α-hetero) is 1. The minimum Gasteiger partial charge on any atom is -0.297 e. The van der Waals surface area contributed by atoms with E-state index in [2.05, 4.69) is 24.3 Å². The Balaban J connectivity index is 1.53. The lowest BCUT2D eigenvalue weighted by Crippen LogP contribution is -2.45. The molecule has 2 bridgehead atoms. The van der Waals surface area contributed by atoms with Crippen molar-refractivity contribution < 1.29 is 14.4 Å². The van der Waals surface area contributed by atoms with Crippen LogP contribution in [-0.2, 0) is 25.2 Å². The van der Waals surface area contributed by atoms with Gasteiger partial charge in [0.15, 0.2) is 5.78 Å². The molecule has 2 amide bonds. The zero-order chi connectivity index (χ0) is 28.9. The molecule has 4 atom stereocenters. The molecular weight excluding hydrogens is 530 g/mol.